The SMILES string of the molecule is O=C(CN1CCN(c2ccncc2)CC1)N1CCCCC1. The lowest BCUT2D eigenvalue weighted by Gasteiger charge is -2.37. The van der Waals surface area contributed by atoms with Crippen LogP contribution in [0.5, 0.6) is 0 Å². The molecule has 0 aliphatic carbocycles. The van der Waals surface area contributed by atoms with Crippen LogP contribution in [0.1, 0.15) is 19.3 Å². The Bertz CT molecular complexity index is 451. The van der Waals surface area contributed by atoms with E-state index >= 15 is 0 Å². The molecule has 1 aromatic rings. The molecule has 3 rings (SSSR count). The summed E-state index contributed by atoms with van der Waals surface area (Å²) in [6.45, 7) is 6.38. The molecular weight excluding hydrogens is 264 g/mol. The van der Waals surface area contributed by atoms with Crippen LogP contribution in [0.2, 0.25) is 0 Å². The van der Waals surface area contributed by atoms with Crippen molar-refractivity contribution in [3.63, 3.8) is 0 Å². The van der Waals surface area contributed by atoms with Gasteiger partial charge in [-0.25, -0.2) is 0 Å². The van der Waals surface area contributed by atoms with Crippen LogP contribution in [0.4, 0.5) is 5.69 Å². The monoisotopic (exact) mass is 288 g/mol. The molecule has 0 atom stereocenters. The van der Waals surface area contributed by atoms with E-state index in [0.717, 1.165) is 39.3 Å². The van der Waals surface area contributed by atoms with E-state index in [1.165, 1.54) is 24.9 Å². The first-order chi connectivity index (χ1) is 10.3. The molecule has 5 heteroatoms. The minimum absolute atomic E-state index is 0.312. The first-order valence-electron chi connectivity index (χ1n) is 7.98. The first-order valence-corrected chi connectivity index (χ1v) is 7.98. The Kier molecular flexibility index (Phi) is 4.70. The summed E-state index contributed by atoms with van der Waals surface area (Å²) in [7, 11) is 0. The van der Waals surface area contributed by atoms with Gasteiger partial charge in [-0.1, -0.05) is 0 Å². The topological polar surface area (TPSA) is 39.7 Å². The summed E-state index contributed by atoms with van der Waals surface area (Å²) in [6, 6.07) is 4.10. The maximum Gasteiger partial charge on any atom is 0.236 e. The summed E-state index contributed by atoms with van der Waals surface area (Å²) in [6.07, 6.45) is 7.28. The fourth-order valence-electron chi connectivity index (χ4n) is 3.15. The lowest BCUT2D eigenvalue weighted by atomic mass is 10.1. The molecule has 2 fully saturated rings. The van der Waals surface area contributed by atoms with Crippen molar-refractivity contribution in [3.8, 4) is 0 Å². The molecule has 21 heavy (non-hydrogen) atoms. The molecular formula is C16H24N4O. The Morgan fingerprint density at radius 2 is 1.62 bits per heavy atom. The van der Waals surface area contributed by atoms with Crippen LogP contribution in [0, 0.1) is 0 Å². The molecule has 0 unspecified atom stereocenters. The van der Waals surface area contributed by atoms with E-state index in [9.17, 15) is 4.79 Å². The van der Waals surface area contributed by atoms with Crippen LogP contribution < -0.4 is 4.90 Å². The number of hydrogen-bond donors (Lipinski definition) is 0. The average molecular weight is 288 g/mol. The predicted molar refractivity (Wildman–Crippen MR) is 83.3 cm³/mol. The number of anilines is 1. The van der Waals surface area contributed by atoms with Crippen molar-refractivity contribution >= 4 is 11.6 Å². The van der Waals surface area contributed by atoms with Crippen molar-refractivity contribution in [2.24, 2.45) is 0 Å². The third-order valence-corrected chi connectivity index (χ3v) is 4.47. The predicted octanol–water partition coefficient (Wildman–Crippen LogP) is 1.22. The van der Waals surface area contributed by atoms with Crippen LogP contribution in [0.3, 0.4) is 0 Å². The van der Waals surface area contributed by atoms with Gasteiger partial charge in [-0.2, -0.15) is 0 Å². The van der Waals surface area contributed by atoms with Crippen LogP contribution in [-0.4, -0.2) is 66.5 Å². The van der Waals surface area contributed by atoms with E-state index in [1.807, 2.05) is 17.3 Å². The number of amides is 1. The number of aromatic nitrogens is 1. The van der Waals surface area contributed by atoms with Crippen molar-refractivity contribution in [1.29, 1.82) is 0 Å². The second-order valence-electron chi connectivity index (χ2n) is 5.91. The number of hydrogen-bond acceptors (Lipinski definition) is 4. The van der Waals surface area contributed by atoms with E-state index in [1.54, 1.807) is 0 Å². The number of likely N-dealkylation sites (tertiary alicyclic amines) is 1. The van der Waals surface area contributed by atoms with E-state index < -0.39 is 0 Å². The number of carbonyl (C=O) groups is 1. The fraction of sp³-hybridized carbons (Fsp3) is 0.625. The van der Waals surface area contributed by atoms with Crippen LogP contribution in [0.15, 0.2) is 24.5 Å². The molecule has 0 spiro atoms. The Labute approximate surface area is 126 Å². The van der Waals surface area contributed by atoms with Gasteiger partial charge in [0.1, 0.15) is 0 Å². The highest BCUT2D eigenvalue weighted by Gasteiger charge is 2.22. The summed E-state index contributed by atoms with van der Waals surface area (Å²) in [5, 5.41) is 0. The second kappa shape index (κ2) is 6.89. The summed E-state index contributed by atoms with van der Waals surface area (Å²) in [4.78, 5) is 23.0. The van der Waals surface area contributed by atoms with Gasteiger partial charge in [-0.3, -0.25) is 14.7 Å². The number of piperazine rings is 1. The lowest BCUT2D eigenvalue weighted by molar-refractivity contribution is -0.133. The molecule has 1 aromatic heterocycles. The van der Waals surface area contributed by atoms with Gasteiger partial charge >= 0.3 is 0 Å². The lowest BCUT2D eigenvalue weighted by Crippen LogP contribution is -2.50. The van der Waals surface area contributed by atoms with E-state index in [-0.39, 0.29) is 0 Å². The van der Waals surface area contributed by atoms with Gasteiger partial charge in [0.25, 0.3) is 0 Å². The third-order valence-electron chi connectivity index (χ3n) is 4.47. The van der Waals surface area contributed by atoms with Crippen molar-refractivity contribution in [1.82, 2.24) is 14.8 Å². The zero-order chi connectivity index (χ0) is 14.5. The molecule has 0 radical (unpaired) electrons. The minimum atomic E-state index is 0.312. The Balaban J connectivity index is 1.46. The minimum Gasteiger partial charge on any atom is -0.369 e. The second-order valence-corrected chi connectivity index (χ2v) is 5.91. The molecule has 114 valence electrons. The zero-order valence-corrected chi connectivity index (χ0v) is 12.6. The highest BCUT2D eigenvalue weighted by molar-refractivity contribution is 5.78. The van der Waals surface area contributed by atoms with Gasteiger partial charge in [-0.05, 0) is 31.4 Å². The van der Waals surface area contributed by atoms with Crippen molar-refractivity contribution < 1.29 is 4.79 Å². The average Bonchev–Trinajstić information content (AvgIpc) is 2.57. The van der Waals surface area contributed by atoms with Crippen LogP contribution in [-0.2, 0) is 4.79 Å². The van der Waals surface area contributed by atoms with Gasteiger partial charge in [0.2, 0.25) is 5.91 Å². The molecule has 2 aliphatic heterocycles. The summed E-state index contributed by atoms with van der Waals surface area (Å²) in [5.74, 6) is 0.312. The Hall–Kier alpha value is -1.62. The smallest absolute Gasteiger partial charge is 0.236 e. The molecule has 2 saturated heterocycles. The number of carbonyl (C=O) groups excluding carboxylic acids is 1. The van der Waals surface area contributed by atoms with Gasteiger partial charge in [0.05, 0.1) is 6.54 Å². The fourth-order valence-corrected chi connectivity index (χ4v) is 3.15. The number of pyridine rings is 1. The summed E-state index contributed by atoms with van der Waals surface area (Å²) in [5.41, 5.74) is 1.23. The zero-order valence-electron chi connectivity index (χ0n) is 12.6. The van der Waals surface area contributed by atoms with Gasteiger partial charge in [0.15, 0.2) is 0 Å². The maximum absolute atomic E-state index is 12.3. The number of piperidine rings is 1. The molecule has 1 amide bonds. The standard InChI is InChI=1S/C16H24N4O/c21-16(20-8-2-1-3-9-20)14-18-10-12-19(13-11-18)15-4-6-17-7-5-15/h4-7H,1-3,8-14H2. The van der Waals surface area contributed by atoms with Crippen molar-refractivity contribution in [2.75, 3.05) is 50.7 Å². The molecule has 5 nitrogen and oxygen atoms in total. The van der Waals surface area contributed by atoms with Crippen molar-refractivity contribution in [2.45, 2.75) is 19.3 Å². The molecule has 0 saturated carbocycles. The highest BCUT2D eigenvalue weighted by atomic mass is 16.2. The first kappa shape index (κ1) is 14.3. The van der Waals surface area contributed by atoms with Crippen LogP contribution >= 0.6 is 0 Å². The number of nitrogens with zero attached hydrogens (tertiary/aromatic N) is 4. The van der Waals surface area contributed by atoms with E-state index in [2.05, 4.69) is 26.9 Å². The van der Waals surface area contributed by atoms with E-state index in [4.69, 9.17) is 0 Å². The Morgan fingerprint density at radius 1 is 0.952 bits per heavy atom. The van der Waals surface area contributed by atoms with Crippen LogP contribution in [0.25, 0.3) is 0 Å². The molecule has 0 bridgehead atoms. The third kappa shape index (κ3) is 3.73. The van der Waals surface area contributed by atoms with Gasteiger partial charge in [-0.15, -0.1) is 0 Å². The van der Waals surface area contributed by atoms with E-state index in [0.29, 0.717) is 12.5 Å². The van der Waals surface area contributed by atoms with Gasteiger partial charge < -0.3 is 9.80 Å². The summed E-state index contributed by atoms with van der Waals surface area (Å²) < 4.78 is 0. The van der Waals surface area contributed by atoms with Gasteiger partial charge in [0, 0.05) is 57.3 Å². The molecule has 0 aromatic carbocycles. The molecule has 3 heterocycles. The van der Waals surface area contributed by atoms with Crippen molar-refractivity contribution in [3.05, 3.63) is 24.5 Å². The highest BCUT2D eigenvalue weighted by Crippen LogP contribution is 2.15. The molecule has 0 N–H and O–H groups in total. The summed E-state index contributed by atoms with van der Waals surface area (Å²) >= 11 is 0. The molecule has 2 aliphatic rings. The largest absolute Gasteiger partial charge is 0.369 e. The normalized spacial score (nSPS) is 20.6. The number of rotatable bonds is 3. The Morgan fingerprint density at radius 3 is 2.29 bits per heavy atom. The maximum atomic E-state index is 12.3. The quantitative estimate of drug-likeness (QED) is 0.838.